The molecule has 0 radical (unpaired) electrons. The number of fused-ring (bicyclic) bond motifs is 1. The molecule has 1 N–H and O–H groups in total. The van der Waals surface area contributed by atoms with Crippen molar-refractivity contribution in [1.82, 2.24) is 19.5 Å². The van der Waals surface area contributed by atoms with Gasteiger partial charge in [-0.2, -0.15) is 4.31 Å². The van der Waals surface area contributed by atoms with E-state index in [1.165, 1.54) is 23.2 Å². The fraction of sp³-hybridized carbons (Fsp3) is 0.367. The molecule has 10 nitrogen and oxygen atoms in total. The minimum Gasteiger partial charge on any atom is -0.338 e. The number of likely N-dealkylation sites (tertiary alicyclic amines) is 1. The lowest BCUT2D eigenvalue weighted by molar-refractivity contribution is -0.143. The van der Waals surface area contributed by atoms with E-state index in [1.54, 1.807) is 29.5 Å². The van der Waals surface area contributed by atoms with Crippen LogP contribution in [-0.4, -0.2) is 76.0 Å². The molecule has 3 aliphatic rings. The summed E-state index contributed by atoms with van der Waals surface area (Å²) in [5, 5.41) is 3.83. The van der Waals surface area contributed by atoms with Crippen molar-refractivity contribution in [3.05, 3.63) is 77.4 Å². The molecule has 2 amide bonds. The van der Waals surface area contributed by atoms with E-state index in [2.05, 4.69) is 10.3 Å². The van der Waals surface area contributed by atoms with Crippen molar-refractivity contribution in [3.63, 3.8) is 0 Å². The van der Waals surface area contributed by atoms with Crippen LogP contribution in [0.4, 0.5) is 0 Å². The largest absolute Gasteiger partial charge is 0.338 e. The number of carbonyl (C=O) groups is 4. The predicted octanol–water partition coefficient (Wildman–Crippen LogP) is 3.27. The third-order valence-corrected chi connectivity index (χ3v) is 11.1. The lowest BCUT2D eigenvalue weighted by Crippen LogP contribution is -2.62. The molecular weight excluding hydrogens is 576 g/mol. The number of hydrogen-bond donors (Lipinski definition) is 1. The van der Waals surface area contributed by atoms with Gasteiger partial charge in [-0.3, -0.25) is 24.2 Å². The van der Waals surface area contributed by atoms with Crippen molar-refractivity contribution >= 4 is 44.1 Å². The van der Waals surface area contributed by atoms with E-state index in [-0.39, 0.29) is 30.5 Å². The van der Waals surface area contributed by atoms with Gasteiger partial charge < -0.3 is 10.2 Å². The van der Waals surface area contributed by atoms with Crippen LogP contribution in [0.15, 0.2) is 66.2 Å². The molecule has 0 spiro atoms. The zero-order valence-electron chi connectivity index (χ0n) is 22.8. The Bertz CT molecular complexity index is 1620. The van der Waals surface area contributed by atoms with E-state index < -0.39 is 45.1 Å². The van der Waals surface area contributed by atoms with E-state index >= 15 is 0 Å². The molecule has 218 valence electrons. The Morgan fingerprint density at radius 2 is 1.74 bits per heavy atom. The maximum Gasteiger partial charge on any atom is 0.310 e. The zero-order chi connectivity index (χ0) is 29.5. The maximum atomic E-state index is 14.2. The lowest BCUT2D eigenvalue weighted by atomic mass is 9.80. The topological polar surface area (TPSA) is 134 Å². The highest BCUT2D eigenvalue weighted by atomic mass is 32.2. The average molecular weight is 607 g/mol. The summed E-state index contributed by atoms with van der Waals surface area (Å²) in [5.41, 5.74) is -0.0115. The molecular formula is C30H30N4O6S2. The Labute approximate surface area is 247 Å². The second-order valence-corrected chi connectivity index (χ2v) is 13.7. The third kappa shape index (κ3) is 4.97. The van der Waals surface area contributed by atoms with Crippen molar-refractivity contribution in [3.8, 4) is 10.4 Å². The van der Waals surface area contributed by atoms with E-state index in [4.69, 9.17) is 0 Å². The van der Waals surface area contributed by atoms with Crippen molar-refractivity contribution in [2.24, 2.45) is 0 Å². The SMILES string of the molecule is O=C(NC1(C(=O)N2CCC3C2C(=O)CN3S(=O)(=O)C(=O)c2ccccn2)CCCCC1)c1ccc(-c2cccs2)cc1. The van der Waals surface area contributed by atoms with E-state index in [0.29, 0.717) is 18.4 Å². The van der Waals surface area contributed by atoms with Crippen LogP contribution in [0.5, 0.6) is 0 Å². The van der Waals surface area contributed by atoms with E-state index in [9.17, 15) is 27.6 Å². The summed E-state index contributed by atoms with van der Waals surface area (Å²) in [6, 6.07) is 13.7. The van der Waals surface area contributed by atoms with Gasteiger partial charge in [0, 0.05) is 23.2 Å². The summed E-state index contributed by atoms with van der Waals surface area (Å²) >= 11 is 1.60. The number of amides is 2. The number of sulfonamides is 1. The summed E-state index contributed by atoms with van der Waals surface area (Å²) < 4.78 is 27.5. The van der Waals surface area contributed by atoms with Gasteiger partial charge in [0.15, 0.2) is 5.78 Å². The minimum absolute atomic E-state index is 0.150. The number of nitrogens with one attached hydrogen (secondary N) is 1. The number of aromatic nitrogens is 1. The molecule has 1 aliphatic carbocycles. The van der Waals surface area contributed by atoms with Crippen molar-refractivity contribution in [1.29, 1.82) is 0 Å². The summed E-state index contributed by atoms with van der Waals surface area (Å²) in [5.74, 6) is -1.19. The van der Waals surface area contributed by atoms with Gasteiger partial charge in [0.2, 0.25) is 5.91 Å². The Hall–Kier alpha value is -3.74. The predicted molar refractivity (Wildman–Crippen MR) is 156 cm³/mol. The quantitative estimate of drug-likeness (QED) is 0.455. The molecule has 42 heavy (non-hydrogen) atoms. The van der Waals surface area contributed by atoms with Crippen LogP contribution in [0.2, 0.25) is 0 Å². The van der Waals surface area contributed by atoms with Crippen molar-refractivity contribution in [2.45, 2.75) is 56.1 Å². The summed E-state index contributed by atoms with van der Waals surface area (Å²) in [4.78, 5) is 60.1. The summed E-state index contributed by atoms with van der Waals surface area (Å²) in [6.07, 6.45) is 4.78. The van der Waals surface area contributed by atoms with Gasteiger partial charge in [0.05, 0.1) is 12.6 Å². The first-order chi connectivity index (χ1) is 20.2. The molecule has 4 heterocycles. The number of carbonyl (C=O) groups excluding carboxylic acids is 4. The van der Waals surface area contributed by atoms with Crippen LogP contribution >= 0.6 is 11.3 Å². The van der Waals surface area contributed by atoms with Crippen LogP contribution in [0.1, 0.15) is 59.4 Å². The van der Waals surface area contributed by atoms with Crippen LogP contribution in [-0.2, 0) is 19.6 Å². The number of thiophene rings is 1. The Balaban J connectivity index is 1.22. The molecule has 2 saturated heterocycles. The van der Waals surface area contributed by atoms with E-state index in [1.807, 2.05) is 29.6 Å². The van der Waals surface area contributed by atoms with Crippen molar-refractivity contribution in [2.75, 3.05) is 13.1 Å². The zero-order valence-corrected chi connectivity index (χ0v) is 24.4. The van der Waals surface area contributed by atoms with Gasteiger partial charge >= 0.3 is 5.12 Å². The fourth-order valence-corrected chi connectivity index (χ4v) is 8.59. The summed E-state index contributed by atoms with van der Waals surface area (Å²) in [7, 11) is -4.54. The Kier molecular flexibility index (Phi) is 7.54. The third-order valence-electron chi connectivity index (χ3n) is 8.48. The van der Waals surface area contributed by atoms with Gasteiger partial charge in [-0.1, -0.05) is 43.5 Å². The number of rotatable bonds is 6. The lowest BCUT2D eigenvalue weighted by Gasteiger charge is -2.40. The molecule has 3 aromatic rings. The fourth-order valence-electron chi connectivity index (χ4n) is 6.38. The molecule has 2 atom stereocenters. The molecule has 0 bridgehead atoms. The molecule has 6 rings (SSSR count). The molecule has 2 aliphatic heterocycles. The molecule has 1 aromatic carbocycles. The highest BCUT2D eigenvalue weighted by Crippen LogP contribution is 2.37. The van der Waals surface area contributed by atoms with Crippen LogP contribution in [0.25, 0.3) is 10.4 Å². The van der Waals surface area contributed by atoms with Crippen LogP contribution in [0, 0.1) is 0 Å². The van der Waals surface area contributed by atoms with Gasteiger partial charge in [-0.15, -0.1) is 11.3 Å². The first-order valence-corrected chi connectivity index (χ1v) is 16.3. The van der Waals surface area contributed by atoms with E-state index in [0.717, 1.165) is 34.0 Å². The average Bonchev–Trinajstić information content (AvgIpc) is 3.77. The Morgan fingerprint density at radius 1 is 0.976 bits per heavy atom. The highest BCUT2D eigenvalue weighted by molar-refractivity contribution is 8.04. The first-order valence-electron chi connectivity index (χ1n) is 14.0. The standard InChI is InChI=1S/C30H30N4O6S2/c35-24-19-34(42(39,40)28(37)22-7-2-5-16-31-22)23-13-17-33(26(23)24)29(38)30(14-3-1-4-15-30)32-27(36)21-11-9-20(10-12-21)25-8-6-18-41-25/h2,5-12,16,18,23,26H,1,3-4,13-15,17,19H2,(H,32,36). The van der Waals surface area contributed by atoms with Crippen LogP contribution in [0.3, 0.4) is 0 Å². The number of hydrogen-bond acceptors (Lipinski definition) is 8. The van der Waals surface area contributed by atoms with Gasteiger partial charge in [0.25, 0.3) is 15.9 Å². The second-order valence-electron chi connectivity index (χ2n) is 11.0. The second kappa shape index (κ2) is 11.2. The normalized spacial score (nSPS) is 22.1. The molecule has 12 heteroatoms. The van der Waals surface area contributed by atoms with Gasteiger partial charge in [0.1, 0.15) is 17.3 Å². The molecule has 2 aromatic heterocycles. The Morgan fingerprint density at radius 3 is 2.40 bits per heavy atom. The van der Waals surface area contributed by atoms with Gasteiger partial charge in [-0.05, 0) is 60.5 Å². The van der Waals surface area contributed by atoms with Crippen LogP contribution < -0.4 is 5.32 Å². The maximum absolute atomic E-state index is 14.2. The number of Topliss-reactive ketones (excluding diaryl/α,β-unsaturated/α-hetero) is 1. The number of nitrogens with zero attached hydrogens (tertiary/aromatic N) is 3. The summed E-state index contributed by atoms with van der Waals surface area (Å²) in [6.45, 7) is -0.340. The number of pyridine rings is 1. The molecule has 2 unspecified atom stereocenters. The van der Waals surface area contributed by atoms with Crippen molar-refractivity contribution < 1.29 is 27.6 Å². The minimum atomic E-state index is -4.54. The van der Waals surface area contributed by atoms with Gasteiger partial charge in [-0.25, -0.2) is 8.42 Å². The monoisotopic (exact) mass is 606 g/mol. The molecule has 1 saturated carbocycles. The first kappa shape index (κ1) is 28.4. The number of benzene rings is 1. The smallest absolute Gasteiger partial charge is 0.310 e. The highest BCUT2D eigenvalue weighted by Gasteiger charge is 2.57. The molecule has 3 fully saturated rings. The number of ketones is 1.